The summed E-state index contributed by atoms with van der Waals surface area (Å²) in [6.45, 7) is 6.78. The second kappa shape index (κ2) is 11.9. The van der Waals surface area contributed by atoms with Gasteiger partial charge in [0.25, 0.3) is 0 Å². The van der Waals surface area contributed by atoms with E-state index in [1.807, 2.05) is 23.1 Å². The van der Waals surface area contributed by atoms with Gasteiger partial charge in [0.15, 0.2) is 0 Å². The van der Waals surface area contributed by atoms with Crippen LogP contribution in [0.4, 0.5) is 5.95 Å². The number of nitrogens with zero attached hydrogens (tertiary/aromatic N) is 6. The second-order valence-electron chi connectivity index (χ2n) is 9.12. The van der Waals surface area contributed by atoms with E-state index in [9.17, 15) is 4.79 Å². The Morgan fingerprint density at radius 1 is 1.06 bits per heavy atom. The molecule has 2 aliphatic rings. The zero-order chi connectivity index (χ0) is 23.8. The quantitative estimate of drug-likeness (QED) is 0.363. The van der Waals surface area contributed by atoms with Gasteiger partial charge in [0.05, 0.1) is 5.69 Å². The number of carbonyl (C=O) groups excluding carboxylic acids is 1. The number of piperidine rings is 2. The molecule has 2 saturated heterocycles. The molecule has 2 fully saturated rings. The van der Waals surface area contributed by atoms with E-state index in [1.54, 1.807) is 18.6 Å². The molecule has 0 radical (unpaired) electrons. The lowest BCUT2D eigenvalue weighted by Gasteiger charge is -2.37. The number of nitrogen functional groups attached to an aromatic ring is 1. The average molecular weight is 466 g/mol. The molecule has 2 aromatic heterocycles. The molecule has 2 aromatic rings. The normalized spacial score (nSPS) is 18.7. The Hall–Kier alpha value is -3.07. The fourth-order valence-electron chi connectivity index (χ4n) is 4.73. The number of nitrogens with two attached hydrogens (primary N) is 1. The fourth-order valence-corrected chi connectivity index (χ4v) is 4.73. The monoisotopic (exact) mass is 465 g/mol. The summed E-state index contributed by atoms with van der Waals surface area (Å²) >= 11 is 0. The van der Waals surface area contributed by atoms with Gasteiger partial charge in [0.1, 0.15) is 12.3 Å². The van der Waals surface area contributed by atoms with E-state index in [-0.39, 0.29) is 11.8 Å². The van der Waals surface area contributed by atoms with Gasteiger partial charge in [-0.1, -0.05) is 18.1 Å². The lowest BCUT2D eigenvalue weighted by atomic mass is 9.88. The van der Waals surface area contributed by atoms with Crippen LogP contribution in [0.2, 0.25) is 0 Å². The molecule has 9 nitrogen and oxygen atoms in total. The first kappa shape index (κ1) is 24.1. The average Bonchev–Trinajstić information content (AvgIpc) is 2.89. The highest BCUT2D eigenvalue weighted by Crippen LogP contribution is 2.26. The summed E-state index contributed by atoms with van der Waals surface area (Å²) in [5, 5.41) is 4.44. The third-order valence-electron chi connectivity index (χ3n) is 6.65. The molecule has 2 N–H and O–H groups in total. The van der Waals surface area contributed by atoms with Crippen molar-refractivity contribution in [3.8, 4) is 0 Å². The SMILES string of the molecule is CCCO/N=C(\c1ccccn1)C1CCN(C(=O)C2CCN(Cc3cnc(N)nc3)CC2)CC1. The molecule has 0 atom stereocenters. The first-order valence-corrected chi connectivity index (χ1v) is 12.3. The summed E-state index contributed by atoms with van der Waals surface area (Å²) in [6.07, 6.45) is 9.80. The highest BCUT2D eigenvalue weighted by atomic mass is 16.6. The van der Waals surface area contributed by atoms with E-state index in [0.717, 1.165) is 81.8 Å². The molecule has 0 unspecified atom stereocenters. The number of oxime groups is 1. The third-order valence-corrected chi connectivity index (χ3v) is 6.65. The highest BCUT2D eigenvalue weighted by Gasteiger charge is 2.32. The van der Waals surface area contributed by atoms with Crippen molar-refractivity contribution in [2.75, 3.05) is 38.5 Å². The van der Waals surface area contributed by atoms with E-state index in [4.69, 9.17) is 10.6 Å². The minimum Gasteiger partial charge on any atom is -0.396 e. The first-order chi connectivity index (χ1) is 16.6. The molecule has 1 amide bonds. The van der Waals surface area contributed by atoms with Gasteiger partial charge in [0.2, 0.25) is 11.9 Å². The highest BCUT2D eigenvalue weighted by molar-refractivity contribution is 6.00. The molecule has 4 rings (SSSR count). The fraction of sp³-hybridized carbons (Fsp3) is 0.560. The number of aromatic nitrogens is 3. The Morgan fingerprint density at radius 3 is 2.41 bits per heavy atom. The van der Waals surface area contributed by atoms with E-state index in [2.05, 4.69) is 31.9 Å². The van der Waals surface area contributed by atoms with Gasteiger partial charge < -0.3 is 15.5 Å². The largest absolute Gasteiger partial charge is 0.396 e. The van der Waals surface area contributed by atoms with Crippen molar-refractivity contribution in [1.29, 1.82) is 0 Å². The van der Waals surface area contributed by atoms with Gasteiger partial charge >= 0.3 is 0 Å². The van der Waals surface area contributed by atoms with Crippen LogP contribution in [0.15, 0.2) is 41.9 Å². The van der Waals surface area contributed by atoms with Gasteiger partial charge in [-0.2, -0.15) is 0 Å². The summed E-state index contributed by atoms with van der Waals surface area (Å²) < 4.78 is 0. The molecule has 9 heteroatoms. The van der Waals surface area contributed by atoms with Crippen LogP contribution in [-0.2, 0) is 16.2 Å². The van der Waals surface area contributed by atoms with E-state index >= 15 is 0 Å². The summed E-state index contributed by atoms with van der Waals surface area (Å²) in [6, 6.07) is 5.86. The molecule has 182 valence electrons. The molecule has 0 aliphatic carbocycles. The van der Waals surface area contributed by atoms with Crippen LogP contribution in [0.5, 0.6) is 0 Å². The van der Waals surface area contributed by atoms with Crippen LogP contribution in [-0.4, -0.2) is 69.2 Å². The zero-order valence-corrected chi connectivity index (χ0v) is 20.0. The van der Waals surface area contributed by atoms with Gasteiger partial charge in [-0.15, -0.1) is 0 Å². The molecule has 34 heavy (non-hydrogen) atoms. The number of rotatable bonds is 8. The van der Waals surface area contributed by atoms with Crippen molar-refractivity contribution in [3.05, 3.63) is 48.0 Å². The lowest BCUT2D eigenvalue weighted by Crippen LogP contribution is -2.46. The standard InChI is InChI=1S/C25H35N7O2/c1-2-15-34-30-23(22-5-3-4-10-27-22)20-8-13-32(14-9-20)24(33)21-6-11-31(12-7-21)18-19-16-28-25(26)29-17-19/h3-5,10,16-17,20-21H,2,6-9,11-15,18H2,1H3,(H2,26,28,29)/b30-23-. The molecule has 0 saturated carbocycles. The van der Waals surface area contributed by atoms with Gasteiger partial charge in [-0.3, -0.25) is 14.7 Å². The van der Waals surface area contributed by atoms with Crippen LogP contribution in [0.1, 0.15) is 50.3 Å². The van der Waals surface area contributed by atoms with Crippen molar-refractivity contribution in [2.45, 2.75) is 45.6 Å². The van der Waals surface area contributed by atoms with E-state index in [1.165, 1.54) is 0 Å². The molecule has 0 aromatic carbocycles. The van der Waals surface area contributed by atoms with E-state index < -0.39 is 0 Å². The van der Waals surface area contributed by atoms with Crippen molar-refractivity contribution >= 4 is 17.6 Å². The number of amides is 1. The van der Waals surface area contributed by atoms with Crippen molar-refractivity contribution in [3.63, 3.8) is 0 Å². The zero-order valence-electron chi connectivity index (χ0n) is 20.0. The first-order valence-electron chi connectivity index (χ1n) is 12.3. The minimum atomic E-state index is 0.104. The molecule has 0 spiro atoms. The smallest absolute Gasteiger partial charge is 0.225 e. The van der Waals surface area contributed by atoms with Gasteiger partial charge in [-0.25, -0.2) is 9.97 Å². The van der Waals surface area contributed by atoms with Crippen LogP contribution >= 0.6 is 0 Å². The molecular formula is C25H35N7O2. The summed E-state index contributed by atoms with van der Waals surface area (Å²) in [5.41, 5.74) is 8.39. The number of anilines is 1. The Morgan fingerprint density at radius 2 is 1.76 bits per heavy atom. The van der Waals surface area contributed by atoms with E-state index in [0.29, 0.717) is 18.5 Å². The second-order valence-corrected chi connectivity index (χ2v) is 9.12. The summed E-state index contributed by atoms with van der Waals surface area (Å²) in [5.74, 6) is 0.947. The molecule has 0 bridgehead atoms. The molecule has 2 aliphatic heterocycles. The minimum absolute atomic E-state index is 0.104. The van der Waals surface area contributed by atoms with Crippen molar-refractivity contribution in [1.82, 2.24) is 24.8 Å². The van der Waals surface area contributed by atoms with Crippen LogP contribution in [0, 0.1) is 11.8 Å². The molecule has 4 heterocycles. The topological polar surface area (TPSA) is 110 Å². The predicted molar refractivity (Wildman–Crippen MR) is 131 cm³/mol. The molecular weight excluding hydrogens is 430 g/mol. The van der Waals surface area contributed by atoms with Crippen LogP contribution < -0.4 is 5.73 Å². The Kier molecular flexibility index (Phi) is 8.41. The van der Waals surface area contributed by atoms with Crippen molar-refractivity contribution < 1.29 is 9.63 Å². The predicted octanol–water partition coefficient (Wildman–Crippen LogP) is 2.74. The van der Waals surface area contributed by atoms with Gasteiger partial charge in [-0.05, 0) is 57.3 Å². The number of pyridine rings is 1. The Balaban J connectivity index is 1.27. The Labute approximate surface area is 201 Å². The number of hydrogen-bond acceptors (Lipinski definition) is 8. The maximum Gasteiger partial charge on any atom is 0.225 e. The third kappa shape index (κ3) is 6.28. The lowest BCUT2D eigenvalue weighted by molar-refractivity contribution is -0.138. The van der Waals surface area contributed by atoms with Crippen LogP contribution in [0.25, 0.3) is 0 Å². The Bertz CT molecular complexity index is 935. The summed E-state index contributed by atoms with van der Waals surface area (Å²) in [7, 11) is 0. The van der Waals surface area contributed by atoms with Crippen molar-refractivity contribution in [2.24, 2.45) is 17.0 Å². The van der Waals surface area contributed by atoms with Crippen LogP contribution in [0.3, 0.4) is 0 Å². The number of hydrogen-bond donors (Lipinski definition) is 1. The van der Waals surface area contributed by atoms with Gasteiger partial charge in [0, 0.05) is 55.6 Å². The maximum absolute atomic E-state index is 13.2. The number of carbonyl (C=O) groups is 1. The maximum atomic E-state index is 13.2. The summed E-state index contributed by atoms with van der Waals surface area (Å²) in [4.78, 5) is 35.8. The number of likely N-dealkylation sites (tertiary alicyclic amines) is 2.